The first-order valence-corrected chi connectivity index (χ1v) is 14.7. The number of nitrogens with one attached hydrogen (secondary N) is 1. The summed E-state index contributed by atoms with van der Waals surface area (Å²) in [5.74, 6) is -1.28. The van der Waals surface area contributed by atoms with E-state index in [0.717, 1.165) is 20.2 Å². The zero-order chi connectivity index (χ0) is 30.0. The van der Waals surface area contributed by atoms with Gasteiger partial charge in [0.05, 0.1) is 12.8 Å². The van der Waals surface area contributed by atoms with Crippen molar-refractivity contribution in [3.63, 3.8) is 0 Å². The maximum atomic E-state index is 14.9. The summed E-state index contributed by atoms with van der Waals surface area (Å²) < 4.78 is 48.6. The highest BCUT2D eigenvalue weighted by Gasteiger charge is 2.35. The molecule has 0 saturated carbocycles. The van der Waals surface area contributed by atoms with Gasteiger partial charge in [-0.05, 0) is 41.8 Å². The summed E-state index contributed by atoms with van der Waals surface area (Å²) in [7, 11) is -0.155. The molecular formula is C30H37FN4O5S. The van der Waals surface area contributed by atoms with E-state index < -0.39 is 34.5 Å². The molecule has 41 heavy (non-hydrogen) atoms. The van der Waals surface area contributed by atoms with Crippen LogP contribution in [0.3, 0.4) is 0 Å². The first-order valence-electron chi connectivity index (χ1n) is 13.3. The summed E-state index contributed by atoms with van der Waals surface area (Å²) in [5.41, 5.74) is 1.22. The predicted molar refractivity (Wildman–Crippen MR) is 157 cm³/mol. The first kappa shape index (κ1) is 31.6. The van der Waals surface area contributed by atoms with Gasteiger partial charge >= 0.3 is 10.2 Å². The van der Waals surface area contributed by atoms with E-state index in [9.17, 15) is 22.4 Å². The molecule has 9 nitrogen and oxygen atoms in total. The van der Waals surface area contributed by atoms with Crippen LogP contribution in [-0.4, -0.2) is 69.8 Å². The first-order chi connectivity index (χ1) is 19.6. The summed E-state index contributed by atoms with van der Waals surface area (Å²) in [6, 6.07) is 20.7. The molecule has 0 aliphatic rings. The number of para-hydroxylation sites is 1. The fourth-order valence-electron chi connectivity index (χ4n) is 4.24. The van der Waals surface area contributed by atoms with Crippen molar-refractivity contribution in [3.05, 3.63) is 95.8 Å². The van der Waals surface area contributed by atoms with Gasteiger partial charge < -0.3 is 15.0 Å². The van der Waals surface area contributed by atoms with Crippen LogP contribution in [0.2, 0.25) is 0 Å². The quantitative estimate of drug-likeness (QED) is 0.312. The highest BCUT2D eigenvalue weighted by atomic mass is 32.2. The van der Waals surface area contributed by atoms with Gasteiger partial charge in [-0.3, -0.25) is 9.59 Å². The molecule has 0 bridgehead atoms. The van der Waals surface area contributed by atoms with Crippen molar-refractivity contribution in [1.29, 1.82) is 0 Å². The van der Waals surface area contributed by atoms with E-state index in [4.69, 9.17) is 4.74 Å². The molecule has 0 spiro atoms. The molecule has 3 aromatic carbocycles. The molecular weight excluding hydrogens is 547 g/mol. The Morgan fingerprint density at radius 1 is 0.951 bits per heavy atom. The fraction of sp³-hybridized carbons (Fsp3) is 0.333. The van der Waals surface area contributed by atoms with Crippen molar-refractivity contribution in [2.45, 2.75) is 32.4 Å². The van der Waals surface area contributed by atoms with Gasteiger partial charge in [-0.15, -0.1) is 0 Å². The van der Waals surface area contributed by atoms with E-state index in [1.165, 1.54) is 44.3 Å². The zero-order valence-corrected chi connectivity index (χ0v) is 24.6. The average molecular weight is 585 g/mol. The molecule has 1 N–H and O–H groups in total. The number of nitrogens with zero attached hydrogens (tertiary/aromatic N) is 3. The van der Waals surface area contributed by atoms with Crippen LogP contribution in [0.15, 0.2) is 78.9 Å². The molecule has 0 aromatic heterocycles. The Hall–Kier alpha value is -3.96. The molecule has 0 fully saturated rings. The third-order valence-electron chi connectivity index (χ3n) is 6.45. The summed E-state index contributed by atoms with van der Waals surface area (Å²) in [6.07, 6.45) is 0.877. The summed E-state index contributed by atoms with van der Waals surface area (Å²) >= 11 is 0. The predicted octanol–water partition coefficient (Wildman–Crippen LogP) is 3.61. The van der Waals surface area contributed by atoms with Gasteiger partial charge in [0.25, 0.3) is 0 Å². The lowest BCUT2D eigenvalue weighted by atomic mass is 10.0. The Morgan fingerprint density at radius 2 is 1.61 bits per heavy atom. The Morgan fingerprint density at radius 3 is 2.24 bits per heavy atom. The van der Waals surface area contributed by atoms with Crippen LogP contribution in [0.1, 0.15) is 24.5 Å². The highest BCUT2D eigenvalue weighted by molar-refractivity contribution is 7.90. The maximum Gasteiger partial charge on any atom is 0.304 e. The molecule has 220 valence electrons. The molecule has 3 rings (SSSR count). The lowest BCUT2D eigenvalue weighted by Crippen LogP contribution is -2.54. The van der Waals surface area contributed by atoms with Crippen LogP contribution < -0.4 is 14.4 Å². The molecule has 3 aromatic rings. The number of carbonyl (C=O) groups is 2. The number of rotatable bonds is 14. The molecule has 0 heterocycles. The molecule has 0 radical (unpaired) electrons. The van der Waals surface area contributed by atoms with Crippen molar-refractivity contribution in [3.8, 4) is 5.75 Å². The van der Waals surface area contributed by atoms with Crippen molar-refractivity contribution >= 4 is 27.7 Å². The molecule has 2 amide bonds. The third-order valence-corrected chi connectivity index (χ3v) is 8.25. The second-order valence-corrected chi connectivity index (χ2v) is 11.7. The number of anilines is 1. The minimum Gasteiger partial charge on any atom is -0.497 e. The Kier molecular flexibility index (Phi) is 11.2. The number of hydrogen-bond donors (Lipinski definition) is 1. The Bertz CT molecular complexity index is 1420. The largest absolute Gasteiger partial charge is 0.497 e. The van der Waals surface area contributed by atoms with Crippen molar-refractivity contribution in [2.24, 2.45) is 0 Å². The average Bonchev–Trinajstić information content (AvgIpc) is 2.97. The molecule has 11 heteroatoms. The van der Waals surface area contributed by atoms with E-state index in [1.807, 2.05) is 37.3 Å². The van der Waals surface area contributed by atoms with Gasteiger partial charge in [-0.1, -0.05) is 61.5 Å². The van der Waals surface area contributed by atoms with Gasteiger partial charge in [0, 0.05) is 33.6 Å². The van der Waals surface area contributed by atoms with Crippen molar-refractivity contribution in [2.75, 3.05) is 38.6 Å². The van der Waals surface area contributed by atoms with Crippen LogP contribution in [-0.2, 0) is 32.8 Å². The number of halogens is 1. The van der Waals surface area contributed by atoms with Crippen LogP contribution in [0.5, 0.6) is 5.75 Å². The summed E-state index contributed by atoms with van der Waals surface area (Å²) in [6.45, 7) is 1.59. The zero-order valence-electron chi connectivity index (χ0n) is 23.8. The Balaban J connectivity index is 2.10. The second kappa shape index (κ2) is 14.6. The summed E-state index contributed by atoms with van der Waals surface area (Å²) in [4.78, 5) is 29.0. The van der Waals surface area contributed by atoms with Gasteiger partial charge in [-0.2, -0.15) is 12.7 Å². The number of ether oxygens (including phenoxy) is 1. The van der Waals surface area contributed by atoms with E-state index >= 15 is 0 Å². The van der Waals surface area contributed by atoms with E-state index in [1.54, 1.807) is 24.3 Å². The lowest BCUT2D eigenvalue weighted by Gasteiger charge is -2.34. The molecule has 1 unspecified atom stereocenters. The van der Waals surface area contributed by atoms with Gasteiger partial charge in [0.1, 0.15) is 24.2 Å². The van der Waals surface area contributed by atoms with Crippen molar-refractivity contribution in [1.82, 2.24) is 14.5 Å². The standard InChI is InChI=1S/C30H37FN4O5S/c1-5-18-32-30(37)28(20-23-12-7-6-8-13-23)34(21-24-14-11-15-25(19-24)40-4)29(36)22-35(41(38,39)33(2)3)27-17-10-9-16-26(27)31/h6-17,19,28H,5,18,20-22H2,1-4H3,(H,32,37). The molecule has 0 aliphatic heterocycles. The van der Waals surface area contributed by atoms with Crippen molar-refractivity contribution < 1.29 is 27.1 Å². The lowest BCUT2D eigenvalue weighted by molar-refractivity contribution is -0.140. The second-order valence-electron chi connectivity index (χ2n) is 9.62. The molecule has 0 aliphatic carbocycles. The minimum atomic E-state index is -4.29. The van der Waals surface area contributed by atoms with Crippen LogP contribution in [0.25, 0.3) is 0 Å². The van der Waals surface area contributed by atoms with Crippen LogP contribution in [0, 0.1) is 5.82 Å². The van der Waals surface area contributed by atoms with Gasteiger partial charge in [0.2, 0.25) is 11.8 Å². The highest BCUT2D eigenvalue weighted by Crippen LogP contribution is 2.25. The van der Waals surface area contributed by atoms with Gasteiger partial charge in [-0.25, -0.2) is 8.70 Å². The van der Waals surface area contributed by atoms with Crippen LogP contribution >= 0.6 is 0 Å². The van der Waals surface area contributed by atoms with E-state index in [0.29, 0.717) is 24.3 Å². The molecule has 0 saturated heterocycles. The van der Waals surface area contributed by atoms with E-state index in [2.05, 4.69) is 5.32 Å². The Labute approximate surface area is 241 Å². The normalized spacial score (nSPS) is 12.0. The topological polar surface area (TPSA) is 99.3 Å². The maximum absolute atomic E-state index is 14.9. The third kappa shape index (κ3) is 8.27. The summed E-state index contributed by atoms with van der Waals surface area (Å²) in [5, 5.41) is 2.88. The minimum absolute atomic E-state index is 0.0137. The number of amides is 2. The monoisotopic (exact) mass is 584 g/mol. The van der Waals surface area contributed by atoms with Crippen LogP contribution in [0.4, 0.5) is 10.1 Å². The number of hydrogen-bond acceptors (Lipinski definition) is 5. The smallest absolute Gasteiger partial charge is 0.304 e. The SMILES string of the molecule is CCCNC(=O)C(Cc1ccccc1)N(Cc1cccc(OC)c1)C(=O)CN(c1ccccc1F)S(=O)(=O)N(C)C. The van der Waals surface area contributed by atoms with E-state index in [-0.39, 0.29) is 24.6 Å². The van der Waals surface area contributed by atoms with Gasteiger partial charge in [0.15, 0.2) is 0 Å². The number of benzene rings is 3. The molecule has 1 atom stereocenters. The number of carbonyl (C=O) groups excluding carboxylic acids is 2. The fourth-order valence-corrected chi connectivity index (χ4v) is 5.31. The number of methoxy groups -OCH3 is 1.